The van der Waals surface area contributed by atoms with Gasteiger partial charge < -0.3 is 15.4 Å². The summed E-state index contributed by atoms with van der Waals surface area (Å²) < 4.78 is 5.31. The van der Waals surface area contributed by atoms with Gasteiger partial charge in [0, 0.05) is 38.1 Å². The topological polar surface area (TPSA) is 50.4 Å². The number of amides is 1. The summed E-state index contributed by atoms with van der Waals surface area (Å²) in [6.45, 7) is 3.50. The molecule has 0 aromatic rings. The lowest BCUT2D eigenvalue weighted by atomic mass is 9.68. The monoisotopic (exact) mass is 254 g/mol. The molecule has 1 heterocycles. The highest BCUT2D eigenvalue weighted by Gasteiger charge is 2.36. The fourth-order valence-corrected chi connectivity index (χ4v) is 3.04. The molecule has 18 heavy (non-hydrogen) atoms. The van der Waals surface area contributed by atoms with Crippen LogP contribution in [0.5, 0.6) is 0 Å². The Morgan fingerprint density at radius 1 is 1.28 bits per heavy atom. The van der Waals surface area contributed by atoms with Crippen LogP contribution in [0.4, 0.5) is 0 Å². The maximum absolute atomic E-state index is 11.9. The first-order chi connectivity index (χ1) is 8.74. The van der Waals surface area contributed by atoms with Gasteiger partial charge in [-0.25, -0.2) is 0 Å². The highest BCUT2D eigenvalue weighted by Crippen LogP contribution is 2.39. The number of rotatable bonds is 6. The van der Waals surface area contributed by atoms with E-state index in [0.29, 0.717) is 17.8 Å². The molecule has 1 aliphatic heterocycles. The summed E-state index contributed by atoms with van der Waals surface area (Å²) in [6, 6.07) is 0. The number of hydrogen-bond donors (Lipinski definition) is 2. The van der Waals surface area contributed by atoms with Crippen LogP contribution in [0, 0.1) is 11.3 Å². The van der Waals surface area contributed by atoms with E-state index in [1.807, 2.05) is 7.05 Å². The van der Waals surface area contributed by atoms with E-state index in [2.05, 4.69) is 10.6 Å². The molecule has 1 amide bonds. The summed E-state index contributed by atoms with van der Waals surface area (Å²) in [4.78, 5) is 11.9. The fraction of sp³-hybridized carbons (Fsp3) is 0.929. The van der Waals surface area contributed by atoms with E-state index in [9.17, 15) is 4.79 Å². The van der Waals surface area contributed by atoms with Gasteiger partial charge in [-0.1, -0.05) is 6.42 Å². The first kappa shape index (κ1) is 13.8. The predicted molar refractivity (Wildman–Crippen MR) is 71.4 cm³/mol. The van der Waals surface area contributed by atoms with Crippen molar-refractivity contribution in [3.63, 3.8) is 0 Å². The van der Waals surface area contributed by atoms with Crippen LogP contribution in [0.2, 0.25) is 0 Å². The van der Waals surface area contributed by atoms with Gasteiger partial charge in [-0.2, -0.15) is 0 Å². The standard InChI is InChI=1S/C14H26N2O2/c1-15-10-14(5-2-6-14)11-16-13(17)9-12-3-7-18-8-4-12/h12,15H,2-11H2,1H3,(H,16,17). The van der Waals surface area contributed by atoms with Gasteiger partial charge in [-0.15, -0.1) is 0 Å². The lowest BCUT2D eigenvalue weighted by molar-refractivity contribution is -0.123. The molecule has 0 aromatic carbocycles. The van der Waals surface area contributed by atoms with E-state index in [1.54, 1.807) is 0 Å². The molecule has 2 rings (SSSR count). The number of nitrogens with one attached hydrogen (secondary N) is 2. The molecule has 4 nitrogen and oxygen atoms in total. The van der Waals surface area contributed by atoms with Crippen molar-refractivity contribution >= 4 is 5.91 Å². The van der Waals surface area contributed by atoms with E-state index >= 15 is 0 Å². The van der Waals surface area contributed by atoms with Gasteiger partial charge in [-0.3, -0.25) is 4.79 Å². The Morgan fingerprint density at radius 2 is 2.00 bits per heavy atom. The minimum absolute atomic E-state index is 0.226. The lowest BCUT2D eigenvalue weighted by Gasteiger charge is -2.42. The van der Waals surface area contributed by atoms with Crippen LogP contribution in [0.1, 0.15) is 38.5 Å². The molecule has 2 aliphatic rings. The van der Waals surface area contributed by atoms with Gasteiger partial charge in [0.2, 0.25) is 5.91 Å². The summed E-state index contributed by atoms with van der Waals surface area (Å²) >= 11 is 0. The highest BCUT2D eigenvalue weighted by atomic mass is 16.5. The van der Waals surface area contributed by atoms with Crippen LogP contribution in [-0.4, -0.2) is 39.3 Å². The van der Waals surface area contributed by atoms with Gasteiger partial charge in [0.05, 0.1) is 0 Å². The third-order valence-electron chi connectivity index (χ3n) is 4.44. The summed E-state index contributed by atoms with van der Waals surface area (Å²) in [6.07, 6.45) is 6.54. The van der Waals surface area contributed by atoms with E-state index in [0.717, 1.165) is 39.1 Å². The Balaban J connectivity index is 1.67. The van der Waals surface area contributed by atoms with Crippen molar-refractivity contribution in [2.24, 2.45) is 11.3 Å². The third-order valence-corrected chi connectivity index (χ3v) is 4.44. The van der Waals surface area contributed by atoms with Crippen LogP contribution in [0.15, 0.2) is 0 Å². The van der Waals surface area contributed by atoms with E-state index < -0.39 is 0 Å². The summed E-state index contributed by atoms with van der Waals surface area (Å²) in [5.74, 6) is 0.754. The molecular formula is C14H26N2O2. The van der Waals surface area contributed by atoms with Crippen molar-refractivity contribution in [3.8, 4) is 0 Å². The van der Waals surface area contributed by atoms with Crippen molar-refractivity contribution in [1.29, 1.82) is 0 Å². The predicted octanol–water partition coefficient (Wildman–Crippen LogP) is 1.31. The molecule has 1 saturated carbocycles. The van der Waals surface area contributed by atoms with Gasteiger partial charge >= 0.3 is 0 Å². The van der Waals surface area contributed by atoms with Gasteiger partial charge in [0.15, 0.2) is 0 Å². The first-order valence-corrected chi connectivity index (χ1v) is 7.23. The van der Waals surface area contributed by atoms with Gasteiger partial charge in [0.1, 0.15) is 0 Å². The molecule has 2 N–H and O–H groups in total. The average molecular weight is 254 g/mol. The quantitative estimate of drug-likeness (QED) is 0.751. The first-order valence-electron chi connectivity index (χ1n) is 7.23. The van der Waals surface area contributed by atoms with Crippen LogP contribution in [0.25, 0.3) is 0 Å². The molecular weight excluding hydrogens is 228 g/mol. The highest BCUT2D eigenvalue weighted by molar-refractivity contribution is 5.76. The van der Waals surface area contributed by atoms with Gasteiger partial charge in [-0.05, 0) is 38.6 Å². The fourth-order valence-electron chi connectivity index (χ4n) is 3.04. The maximum atomic E-state index is 11.9. The second-order valence-electron chi connectivity index (χ2n) is 5.92. The molecule has 0 radical (unpaired) electrons. The number of carbonyl (C=O) groups is 1. The minimum atomic E-state index is 0.226. The van der Waals surface area contributed by atoms with Crippen LogP contribution < -0.4 is 10.6 Å². The normalized spacial score (nSPS) is 23.4. The zero-order valence-electron chi connectivity index (χ0n) is 11.5. The van der Waals surface area contributed by atoms with Crippen molar-refractivity contribution in [3.05, 3.63) is 0 Å². The Kier molecular flexibility index (Phi) is 5.01. The van der Waals surface area contributed by atoms with Crippen molar-refractivity contribution in [1.82, 2.24) is 10.6 Å². The molecule has 4 heteroatoms. The van der Waals surface area contributed by atoms with Gasteiger partial charge in [0.25, 0.3) is 0 Å². The van der Waals surface area contributed by atoms with Crippen molar-refractivity contribution in [2.75, 3.05) is 33.4 Å². The molecule has 1 saturated heterocycles. The lowest BCUT2D eigenvalue weighted by Crippen LogP contribution is -2.47. The van der Waals surface area contributed by atoms with Crippen LogP contribution >= 0.6 is 0 Å². The number of ether oxygens (including phenoxy) is 1. The molecule has 104 valence electrons. The number of hydrogen-bond acceptors (Lipinski definition) is 3. The molecule has 0 atom stereocenters. The largest absolute Gasteiger partial charge is 0.381 e. The van der Waals surface area contributed by atoms with Crippen molar-refractivity contribution in [2.45, 2.75) is 38.5 Å². The summed E-state index contributed by atoms with van der Waals surface area (Å²) in [5, 5.41) is 6.39. The van der Waals surface area contributed by atoms with Crippen LogP contribution in [0.3, 0.4) is 0 Å². The number of carbonyl (C=O) groups excluding carboxylic acids is 1. The Morgan fingerprint density at radius 3 is 2.56 bits per heavy atom. The molecule has 0 bridgehead atoms. The Bertz CT molecular complexity index is 271. The second kappa shape index (κ2) is 6.53. The third kappa shape index (κ3) is 3.69. The van der Waals surface area contributed by atoms with E-state index in [4.69, 9.17) is 4.74 Å². The van der Waals surface area contributed by atoms with E-state index in [-0.39, 0.29) is 5.91 Å². The molecule has 0 aromatic heterocycles. The Labute approximate surface area is 110 Å². The maximum Gasteiger partial charge on any atom is 0.220 e. The smallest absolute Gasteiger partial charge is 0.220 e. The van der Waals surface area contributed by atoms with E-state index in [1.165, 1.54) is 19.3 Å². The zero-order valence-corrected chi connectivity index (χ0v) is 11.5. The Hall–Kier alpha value is -0.610. The van der Waals surface area contributed by atoms with Crippen LogP contribution in [-0.2, 0) is 9.53 Å². The minimum Gasteiger partial charge on any atom is -0.381 e. The zero-order chi connectivity index (χ0) is 12.8. The summed E-state index contributed by atoms with van der Waals surface area (Å²) in [7, 11) is 1.99. The molecule has 2 fully saturated rings. The summed E-state index contributed by atoms with van der Waals surface area (Å²) in [5.41, 5.74) is 0.333. The second-order valence-corrected chi connectivity index (χ2v) is 5.92. The molecule has 1 aliphatic carbocycles. The van der Waals surface area contributed by atoms with Crippen molar-refractivity contribution < 1.29 is 9.53 Å². The SMILES string of the molecule is CNCC1(CNC(=O)CC2CCOCC2)CCC1. The average Bonchev–Trinajstić information content (AvgIpc) is 2.34. The molecule has 0 spiro atoms. The molecule has 0 unspecified atom stereocenters.